The first kappa shape index (κ1) is 9.13. The number of aryl methyl sites for hydroxylation is 2. The van der Waals surface area contributed by atoms with Crippen LogP contribution in [0.5, 0.6) is 0 Å². The van der Waals surface area contributed by atoms with Gasteiger partial charge in [0.1, 0.15) is 0 Å². The fraction of sp³-hybridized carbons (Fsp3) is 0.375. The summed E-state index contributed by atoms with van der Waals surface area (Å²) in [4.78, 5) is 14.2. The van der Waals surface area contributed by atoms with Gasteiger partial charge in [-0.15, -0.1) is 4.91 Å². The lowest BCUT2D eigenvalue weighted by Gasteiger charge is -2.02. The van der Waals surface area contributed by atoms with Crippen molar-refractivity contribution >= 4 is 11.6 Å². The van der Waals surface area contributed by atoms with E-state index in [0.29, 0.717) is 5.69 Å². The number of hydrogen-bond donors (Lipinski definition) is 0. The van der Waals surface area contributed by atoms with E-state index in [2.05, 4.69) is 10.2 Å². The highest BCUT2D eigenvalue weighted by Gasteiger charge is 2.09. The first-order chi connectivity index (χ1) is 5.63. The molecule has 0 amide bonds. The Kier molecular flexibility index (Phi) is 2.76. The second-order valence-corrected chi connectivity index (χ2v) is 3.07. The van der Waals surface area contributed by atoms with Gasteiger partial charge in [-0.25, -0.2) is 0 Å². The molecule has 1 aromatic heterocycles. The zero-order valence-electron chi connectivity index (χ0n) is 6.91. The molecule has 0 saturated carbocycles. The van der Waals surface area contributed by atoms with Crippen LogP contribution in [0.1, 0.15) is 22.5 Å². The number of hydrogen-bond acceptors (Lipinski definition) is 3. The van der Waals surface area contributed by atoms with E-state index in [1.165, 1.54) is 0 Å². The Morgan fingerprint density at radius 3 is 2.67 bits per heavy atom. The SMILES string of the molecule is Cc1cc(C)nc(C(Cl)N=O)c1. The van der Waals surface area contributed by atoms with Gasteiger partial charge in [0.25, 0.3) is 0 Å². The molecule has 1 heterocycles. The lowest BCUT2D eigenvalue weighted by atomic mass is 10.2. The number of rotatable bonds is 2. The standard InChI is InChI=1S/C8H9ClN2O/c1-5-3-6(2)10-7(4-5)8(9)11-12/h3-4,8H,1-2H3. The molecule has 0 radical (unpaired) electrons. The minimum atomic E-state index is -0.872. The zero-order valence-corrected chi connectivity index (χ0v) is 7.67. The molecule has 0 aliphatic heterocycles. The molecule has 4 heteroatoms. The zero-order chi connectivity index (χ0) is 9.14. The first-order valence-electron chi connectivity index (χ1n) is 3.55. The van der Waals surface area contributed by atoms with Crippen LogP contribution in [0.4, 0.5) is 0 Å². The topological polar surface area (TPSA) is 42.3 Å². The fourth-order valence-corrected chi connectivity index (χ4v) is 1.16. The monoisotopic (exact) mass is 184 g/mol. The number of aromatic nitrogens is 1. The highest BCUT2D eigenvalue weighted by Crippen LogP contribution is 2.20. The Bertz CT molecular complexity index is 281. The number of nitroso groups, excluding NO2 is 1. The molecule has 0 spiro atoms. The molecule has 12 heavy (non-hydrogen) atoms. The van der Waals surface area contributed by atoms with Crippen molar-refractivity contribution in [2.24, 2.45) is 5.18 Å². The predicted molar refractivity (Wildman–Crippen MR) is 48.1 cm³/mol. The van der Waals surface area contributed by atoms with Crippen molar-refractivity contribution in [2.75, 3.05) is 0 Å². The van der Waals surface area contributed by atoms with Gasteiger partial charge < -0.3 is 0 Å². The molecular formula is C8H9ClN2O. The second-order valence-electron chi connectivity index (χ2n) is 2.65. The third kappa shape index (κ3) is 2.01. The largest absolute Gasteiger partial charge is 0.254 e. The summed E-state index contributed by atoms with van der Waals surface area (Å²) in [5.74, 6) is 0. The summed E-state index contributed by atoms with van der Waals surface area (Å²) in [6.45, 7) is 3.78. The molecule has 0 aliphatic rings. The molecule has 64 valence electrons. The Balaban J connectivity index is 3.08. The van der Waals surface area contributed by atoms with Crippen molar-refractivity contribution in [3.63, 3.8) is 0 Å². The van der Waals surface area contributed by atoms with Crippen molar-refractivity contribution in [1.82, 2.24) is 4.98 Å². The Morgan fingerprint density at radius 1 is 1.50 bits per heavy atom. The van der Waals surface area contributed by atoms with E-state index in [0.717, 1.165) is 11.3 Å². The van der Waals surface area contributed by atoms with Crippen LogP contribution in [0.15, 0.2) is 17.3 Å². The van der Waals surface area contributed by atoms with Gasteiger partial charge >= 0.3 is 0 Å². The number of pyridine rings is 1. The smallest absolute Gasteiger partial charge is 0.207 e. The molecule has 1 atom stereocenters. The summed E-state index contributed by atoms with van der Waals surface area (Å²) >= 11 is 5.59. The predicted octanol–water partition coefficient (Wildman–Crippen LogP) is 2.70. The number of alkyl halides is 1. The molecule has 0 aliphatic carbocycles. The molecular weight excluding hydrogens is 176 g/mol. The second kappa shape index (κ2) is 3.63. The lowest BCUT2D eigenvalue weighted by Crippen LogP contribution is -1.94. The summed E-state index contributed by atoms with van der Waals surface area (Å²) in [5, 5.41) is 2.69. The molecule has 0 saturated heterocycles. The van der Waals surface area contributed by atoms with Gasteiger partial charge in [-0.3, -0.25) is 4.98 Å². The maximum atomic E-state index is 10.1. The van der Waals surface area contributed by atoms with Crippen LogP contribution in [0.2, 0.25) is 0 Å². The molecule has 1 aromatic rings. The molecule has 0 fully saturated rings. The third-order valence-corrected chi connectivity index (χ3v) is 1.76. The average molecular weight is 185 g/mol. The van der Waals surface area contributed by atoms with E-state index in [1.807, 2.05) is 19.9 Å². The third-order valence-electron chi connectivity index (χ3n) is 1.45. The van der Waals surface area contributed by atoms with Gasteiger partial charge in [0.05, 0.1) is 5.69 Å². The van der Waals surface area contributed by atoms with Gasteiger partial charge in [0, 0.05) is 5.69 Å². The summed E-state index contributed by atoms with van der Waals surface area (Å²) in [7, 11) is 0. The minimum absolute atomic E-state index is 0.518. The van der Waals surface area contributed by atoms with Gasteiger partial charge in [-0.2, -0.15) is 0 Å². The molecule has 0 bridgehead atoms. The van der Waals surface area contributed by atoms with Crippen molar-refractivity contribution in [1.29, 1.82) is 0 Å². The van der Waals surface area contributed by atoms with E-state index >= 15 is 0 Å². The van der Waals surface area contributed by atoms with E-state index in [1.54, 1.807) is 6.07 Å². The Hall–Kier alpha value is -0.960. The first-order valence-corrected chi connectivity index (χ1v) is 3.99. The van der Waals surface area contributed by atoms with E-state index in [9.17, 15) is 4.91 Å². The van der Waals surface area contributed by atoms with Crippen LogP contribution >= 0.6 is 11.6 Å². The lowest BCUT2D eigenvalue weighted by molar-refractivity contribution is 0.920. The van der Waals surface area contributed by atoms with E-state index in [4.69, 9.17) is 11.6 Å². The molecule has 1 rings (SSSR count). The van der Waals surface area contributed by atoms with Gasteiger partial charge in [0.15, 0.2) is 0 Å². The van der Waals surface area contributed by atoms with Crippen molar-refractivity contribution in [3.8, 4) is 0 Å². The quantitative estimate of drug-likeness (QED) is 0.403. The van der Waals surface area contributed by atoms with Crippen LogP contribution in [0.25, 0.3) is 0 Å². The van der Waals surface area contributed by atoms with Gasteiger partial charge in [-0.05, 0) is 36.7 Å². The van der Waals surface area contributed by atoms with Crippen LogP contribution in [0, 0.1) is 18.8 Å². The summed E-state index contributed by atoms with van der Waals surface area (Å²) < 4.78 is 0. The van der Waals surface area contributed by atoms with Crippen molar-refractivity contribution in [3.05, 3.63) is 34.0 Å². The average Bonchev–Trinajstić information content (AvgIpc) is 2.01. The van der Waals surface area contributed by atoms with Crippen LogP contribution < -0.4 is 0 Å². The maximum Gasteiger partial charge on any atom is 0.207 e. The highest BCUT2D eigenvalue weighted by atomic mass is 35.5. The maximum absolute atomic E-state index is 10.1. The highest BCUT2D eigenvalue weighted by molar-refractivity contribution is 6.20. The fourth-order valence-electron chi connectivity index (χ4n) is 1.05. The summed E-state index contributed by atoms with van der Waals surface area (Å²) in [6, 6.07) is 3.67. The van der Waals surface area contributed by atoms with Crippen LogP contribution in [0.3, 0.4) is 0 Å². The van der Waals surface area contributed by atoms with Crippen LogP contribution in [-0.2, 0) is 0 Å². The summed E-state index contributed by atoms with van der Waals surface area (Å²) in [5.41, 5.74) is 1.53. The number of nitrogens with zero attached hydrogens (tertiary/aromatic N) is 2. The van der Waals surface area contributed by atoms with Gasteiger partial charge in [-0.1, -0.05) is 11.6 Å². The number of halogens is 1. The molecule has 1 unspecified atom stereocenters. The molecule has 0 aromatic carbocycles. The Labute approximate surface area is 75.7 Å². The normalized spacial score (nSPS) is 12.6. The van der Waals surface area contributed by atoms with E-state index in [-0.39, 0.29) is 0 Å². The molecule has 3 nitrogen and oxygen atoms in total. The summed E-state index contributed by atoms with van der Waals surface area (Å²) in [6.07, 6.45) is 0. The van der Waals surface area contributed by atoms with Crippen molar-refractivity contribution in [2.45, 2.75) is 19.3 Å². The Morgan fingerprint density at radius 2 is 2.17 bits per heavy atom. The molecule has 0 N–H and O–H groups in total. The van der Waals surface area contributed by atoms with Gasteiger partial charge in [0.2, 0.25) is 5.50 Å². The minimum Gasteiger partial charge on any atom is -0.254 e. The van der Waals surface area contributed by atoms with Crippen LogP contribution in [-0.4, -0.2) is 4.98 Å². The van der Waals surface area contributed by atoms with Crippen molar-refractivity contribution < 1.29 is 0 Å². The van der Waals surface area contributed by atoms with E-state index < -0.39 is 5.50 Å².